The summed E-state index contributed by atoms with van der Waals surface area (Å²) in [6.07, 6.45) is 6.57. The Bertz CT molecular complexity index is 329. The molecule has 0 heterocycles. The van der Waals surface area contributed by atoms with E-state index in [1.807, 2.05) is 12.1 Å². The Morgan fingerprint density at radius 1 is 1.13 bits per heavy atom. The van der Waals surface area contributed by atoms with Crippen LogP contribution in [0.2, 0.25) is 5.02 Å². The van der Waals surface area contributed by atoms with E-state index in [0.717, 1.165) is 10.4 Å². The molecule has 0 saturated heterocycles. The van der Waals surface area contributed by atoms with Crippen LogP contribution in [0.5, 0.6) is 0 Å². The highest BCUT2D eigenvalue weighted by atomic mass is 79.9. The fraction of sp³-hybridized carbons (Fsp3) is 0.538. The number of alkyl halides is 1. The summed E-state index contributed by atoms with van der Waals surface area (Å²) in [6.45, 7) is 0. The molecule has 0 bridgehead atoms. The Labute approximate surface area is 105 Å². The van der Waals surface area contributed by atoms with Gasteiger partial charge in [0.05, 0.1) is 0 Å². The van der Waals surface area contributed by atoms with E-state index in [2.05, 4.69) is 28.1 Å². The molecule has 1 aliphatic rings. The monoisotopic (exact) mass is 286 g/mol. The smallest absolute Gasteiger partial charge is 0.0443 e. The zero-order valence-electron chi connectivity index (χ0n) is 8.81. The van der Waals surface area contributed by atoms with Crippen molar-refractivity contribution in [2.75, 3.05) is 5.33 Å². The largest absolute Gasteiger partial charge is 0.0918 e. The first-order chi connectivity index (χ1) is 7.28. The van der Waals surface area contributed by atoms with Gasteiger partial charge in [0.15, 0.2) is 0 Å². The van der Waals surface area contributed by atoms with Crippen LogP contribution in [-0.4, -0.2) is 5.33 Å². The van der Waals surface area contributed by atoms with Gasteiger partial charge in [0.25, 0.3) is 0 Å². The van der Waals surface area contributed by atoms with Crippen LogP contribution in [0.3, 0.4) is 0 Å². The Morgan fingerprint density at radius 2 is 1.80 bits per heavy atom. The average Bonchev–Trinajstić information content (AvgIpc) is 2.30. The standard InChI is InChI=1S/C13H16BrCl/c14-10-13(8-4-1-5-9-13)11-6-2-3-7-12(11)15/h2-3,6-7H,1,4-5,8-10H2. The summed E-state index contributed by atoms with van der Waals surface area (Å²) in [4.78, 5) is 0. The molecule has 0 amide bonds. The molecule has 0 nitrogen and oxygen atoms in total. The molecule has 1 aromatic rings. The quantitative estimate of drug-likeness (QED) is 0.676. The first-order valence-corrected chi connectivity index (χ1v) is 7.09. The maximum atomic E-state index is 6.31. The van der Waals surface area contributed by atoms with Crippen LogP contribution in [0.4, 0.5) is 0 Å². The zero-order chi connectivity index (χ0) is 10.7. The van der Waals surface area contributed by atoms with E-state index in [4.69, 9.17) is 11.6 Å². The number of hydrogen-bond donors (Lipinski definition) is 0. The van der Waals surface area contributed by atoms with E-state index < -0.39 is 0 Å². The molecular formula is C13H16BrCl. The Morgan fingerprint density at radius 3 is 2.40 bits per heavy atom. The van der Waals surface area contributed by atoms with Gasteiger partial charge in [0.1, 0.15) is 0 Å². The topological polar surface area (TPSA) is 0 Å². The highest BCUT2D eigenvalue weighted by Gasteiger charge is 2.34. The molecule has 82 valence electrons. The van der Waals surface area contributed by atoms with E-state index in [9.17, 15) is 0 Å². The fourth-order valence-corrected chi connectivity index (χ4v) is 3.79. The lowest BCUT2D eigenvalue weighted by molar-refractivity contribution is 0.327. The highest BCUT2D eigenvalue weighted by Crippen LogP contribution is 2.43. The minimum atomic E-state index is 0.288. The Kier molecular flexibility index (Phi) is 3.73. The predicted molar refractivity (Wildman–Crippen MR) is 70.0 cm³/mol. The minimum absolute atomic E-state index is 0.288. The van der Waals surface area contributed by atoms with Crippen molar-refractivity contribution in [1.29, 1.82) is 0 Å². The van der Waals surface area contributed by atoms with Crippen molar-refractivity contribution in [2.24, 2.45) is 0 Å². The molecule has 0 unspecified atom stereocenters. The van der Waals surface area contributed by atoms with Crippen LogP contribution in [0, 0.1) is 0 Å². The third-order valence-corrected chi connectivity index (χ3v) is 4.91. The highest BCUT2D eigenvalue weighted by molar-refractivity contribution is 9.09. The van der Waals surface area contributed by atoms with Crippen molar-refractivity contribution in [3.63, 3.8) is 0 Å². The lowest BCUT2D eigenvalue weighted by atomic mass is 9.71. The zero-order valence-corrected chi connectivity index (χ0v) is 11.1. The predicted octanol–water partition coefficient (Wildman–Crippen LogP) is 4.94. The van der Waals surface area contributed by atoms with Crippen molar-refractivity contribution >= 4 is 27.5 Å². The Hall–Kier alpha value is -0.0100. The molecule has 2 rings (SSSR count). The first-order valence-electron chi connectivity index (χ1n) is 5.59. The third-order valence-electron chi connectivity index (χ3n) is 3.51. The molecule has 0 radical (unpaired) electrons. The van der Waals surface area contributed by atoms with Crippen LogP contribution in [0.25, 0.3) is 0 Å². The SMILES string of the molecule is Clc1ccccc1C1(CBr)CCCCC1. The lowest BCUT2D eigenvalue weighted by Crippen LogP contribution is -2.31. The van der Waals surface area contributed by atoms with Crippen LogP contribution in [0.15, 0.2) is 24.3 Å². The van der Waals surface area contributed by atoms with Gasteiger partial charge in [-0.05, 0) is 24.5 Å². The summed E-state index contributed by atoms with van der Waals surface area (Å²) in [5, 5.41) is 1.96. The van der Waals surface area contributed by atoms with Crippen LogP contribution in [-0.2, 0) is 5.41 Å². The average molecular weight is 288 g/mol. The van der Waals surface area contributed by atoms with Crippen molar-refractivity contribution in [3.05, 3.63) is 34.9 Å². The van der Waals surface area contributed by atoms with Gasteiger partial charge in [-0.25, -0.2) is 0 Å². The second kappa shape index (κ2) is 4.88. The molecule has 2 heteroatoms. The van der Waals surface area contributed by atoms with Gasteiger partial charge in [-0.2, -0.15) is 0 Å². The summed E-state index contributed by atoms with van der Waals surface area (Å²) in [5.41, 5.74) is 1.62. The summed E-state index contributed by atoms with van der Waals surface area (Å²) in [7, 11) is 0. The van der Waals surface area contributed by atoms with Gasteiger partial charge in [0, 0.05) is 15.8 Å². The normalized spacial score (nSPS) is 20.1. The molecule has 1 aliphatic carbocycles. The maximum Gasteiger partial charge on any atom is 0.0443 e. The minimum Gasteiger partial charge on any atom is -0.0918 e. The molecule has 0 atom stereocenters. The van der Waals surface area contributed by atoms with Gasteiger partial charge in [-0.1, -0.05) is 65.0 Å². The third kappa shape index (κ3) is 2.24. The molecule has 1 aromatic carbocycles. The van der Waals surface area contributed by atoms with E-state index in [1.165, 1.54) is 37.7 Å². The second-order valence-corrected chi connectivity index (χ2v) is 5.42. The molecule has 15 heavy (non-hydrogen) atoms. The van der Waals surface area contributed by atoms with Gasteiger partial charge < -0.3 is 0 Å². The molecule has 0 aliphatic heterocycles. The number of rotatable bonds is 2. The molecule has 0 spiro atoms. The van der Waals surface area contributed by atoms with E-state index in [-0.39, 0.29) is 5.41 Å². The van der Waals surface area contributed by atoms with E-state index in [0.29, 0.717) is 0 Å². The number of hydrogen-bond acceptors (Lipinski definition) is 0. The van der Waals surface area contributed by atoms with E-state index in [1.54, 1.807) is 0 Å². The molecule has 1 fully saturated rings. The van der Waals surface area contributed by atoms with Crippen LogP contribution < -0.4 is 0 Å². The van der Waals surface area contributed by atoms with Crippen molar-refractivity contribution in [2.45, 2.75) is 37.5 Å². The van der Waals surface area contributed by atoms with Crippen LogP contribution in [0.1, 0.15) is 37.7 Å². The molecule has 0 N–H and O–H groups in total. The molecule has 1 saturated carbocycles. The number of benzene rings is 1. The van der Waals surface area contributed by atoms with E-state index >= 15 is 0 Å². The second-order valence-electron chi connectivity index (χ2n) is 4.45. The van der Waals surface area contributed by atoms with Crippen molar-refractivity contribution < 1.29 is 0 Å². The maximum absolute atomic E-state index is 6.31. The Balaban J connectivity index is 2.36. The summed E-state index contributed by atoms with van der Waals surface area (Å²) >= 11 is 9.99. The lowest BCUT2D eigenvalue weighted by Gasteiger charge is -2.37. The van der Waals surface area contributed by atoms with Gasteiger partial charge in [0.2, 0.25) is 0 Å². The molecular weight excluding hydrogens is 272 g/mol. The van der Waals surface area contributed by atoms with Gasteiger partial charge in [-0.15, -0.1) is 0 Å². The van der Waals surface area contributed by atoms with Gasteiger partial charge in [-0.3, -0.25) is 0 Å². The fourth-order valence-electron chi connectivity index (χ4n) is 2.59. The molecule has 0 aromatic heterocycles. The summed E-state index contributed by atoms with van der Waals surface area (Å²) in [5.74, 6) is 0. The summed E-state index contributed by atoms with van der Waals surface area (Å²) in [6, 6.07) is 8.31. The number of halogens is 2. The van der Waals surface area contributed by atoms with Crippen molar-refractivity contribution in [1.82, 2.24) is 0 Å². The van der Waals surface area contributed by atoms with Gasteiger partial charge >= 0.3 is 0 Å². The van der Waals surface area contributed by atoms with Crippen molar-refractivity contribution in [3.8, 4) is 0 Å². The first kappa shape index (κ1) is 11.5. The van der Waals surface area contributed by atoms with Crippen LogP contribution >= 0.6 is 27.5 Å². The summed E-state index contributed by atoms with van der Waals surface area (Å²) < 4.78 is 0.